The molecule has 0 aromatic carbocycles. The molecule has 2 heterocycles. The van der Waals surface area contributed by atoms with Crippen LogP contribution in [0.25, 0.3) is 0 Å². The van der Waals surface area contributed by atoms with E-state index in [0.717, 1.165) is 37.8 Å². The number of carbonyl (C=O) groups is 1. The van der Waals surface area contributed by atoms with Crippen LogP contribution >= 0.6 is 0 Å². The van der Waals surface area contributed by atoms with Crippen LogP contribution in [0, 0.1) is 17.8 Å². The molecule has 4 nitrogen and oxygen atoms in total. The van der Waals surface area contributed by atoms with Gasteiger partial charge in [-0.3, -0.25) is 4.79 Å². The van der Waals surface area contributed by atoms with E-state index in [2.05, 4.69) is 13.8 Å². The van der Waals surface area contributed by atoms with Crippen LogP contribution in [0.3, 0.4) is 0 Å². The van der Waals surface area contributed by atoms with Gasteiger partial charge in [-0.2, -0.15) is 0 Å². The van der Waals surface area contributed by atoms with Crippen LogP contribution in [-0.4, -0.2) is 43.2 Å². The molecule has 3 unspecified atom stereocenters. The minimum Gasteiger partial charge on any atom is -0.379 e. The summed E-state index contributed by atoms with van der Waals surface area (Å²) < 4.78 is 5.30. The predicted octanol–water partition coefficient (Wildman–Crippen LogP) is 1.24. The summed E-state index contributed by atoms with van der Waals surface area (Å²) in [5, 5.41) is 0. The molecule has 18 heavy (non-hydrogen) atoms. The Bertz CT molecular complexity index is 294. The maximum atomic E-state index is 12.4. The highest BCUT2D eigenvalue weighted by Gasteiger charge is 2.35. The largest absolute Gasteiger partial charge is 0.379 e. The Morgan fingerprint density at radius 3 is 2.67 bits per heavy atom. The van der Waals surface area contributed by atoms with E-state index < -0.39 is 0 Å². The van der Waals surface area contributed by atoms with E-state index in [1.54, 1.807) is 0 Å². The molecular formula is C14H26N2O2. The molecule has 0 bridgehead atoms. The van der Waals surface area contributed by atoms with Crippen molar-refractivity contribution in [3.8, 4) is 0 Å². The lowest BCUT2D eigenvalue weighted by Crippen LogP contribution is -2.44. The molecule has 0 aromatic rings. The van der Waals surface area contributed by atoms with Crippen LogP contribution in [0.4, 0.5) is 0 Å². The zero-order valence-electron chi connectivity index (χ0n) is 11.6. The predicted molar refractivity (Wildman–Crippen MR) is 71.0 cm³/mol. The SMILES string of the molecule is CC(C)C1CCCN(C(=O)C2COCC2N)CC1. The second kappa shape index (κ2) is 6.02. The Morgan fingerprint density at radius 2 is 2.06 bits per heavy atom. The van der Waals surface area contributed by atoms with E-state index in [1.807, 2.05) is 4.90 Å². The zero-order chi connectivity index (χ0) is 13.1. The minimum absolute atomic E-state index is 0.110. The van der Waals surface area contributed by atoms with Gasteiger partial charge in [-0.05, 0) is 31.1 Å². The first-order valence-electron chi connectivity index (χ1n) is 7.21. The molecule has 0 spiro atoms. The standard InChI is InChI=1S/C14H26N2O2/c1-10(2)11-4-3-6-16(7-5-11)14(17)12-8-18-9-13(12)15/h10-13H,3-9,15H2,1-2H3. The summed E-state index contributed by atoms with van der Waals surface area (Å²) in [5.74, 6) is 1.58. The fourth-order valence-electron chi connectivity index (χ4n) is 3.07. The molecule has 2 aliphatic rings. The Labute approximate surface area is 110 Å². The van der Waals surface area contributed by atoms with Gasteiger partial charge in [-0.15, -0.1) is 0 Å². The van der Waals surface area contributed by atoms with Crippen LogP contribution in [0.5, 0.6) is 0 Å². The second-order valence-electron chi connectivity index (χ2n) is 6.07. The first kappa shape index (κ1) is 13.8. The normalized spacial score (nSPS) is 33.8. The molecule has 2 fully saturated rings. The fourth-order valence-corrected chi connectivity index (χ4v) is 3.07. The number of carbonyl (C=O) groups excluding carboxylic acids is 1. The monoisotopic (exact) mass is 254 g/mol. The van der Waals surface area contributed by atoms with Crippen LogP contribution in [0.15, 0.2) is 0 Å². The average molecular weight is 254 g/mol. The first-order chi connectivity index (χ1) is 8.59. The molecule has 3 atom stereocenters. The molecule has 4 heteroatoms. The number of amides is 1. The number of hydrogen-bond acceptors (Lipinski definition) is 3. The van der Waals surface area contributed by atoms with Crippen LogP contribution < -0.4 is 5.73 Å². The third-order valence-corrected chi connectivity index (χ3v) is 4.47. The third kappa shape index (κ3) is 3.04. The van der Waals surface area contributed by atoms with Crippen LogP contribution in [0.1, 0.15) is 33.1 Å². The third-order valence-electron chi connectivity index (χ3n) is 4.47. The lowest BCUT2D eigenvalue weighted by Gasteiger charge is -2.25. The summed E-state index contributed by atoms with van der Waals surface area (Å²) in [6.45, 7) is 7.38. The number of rotatable bonds is 2. The lowest BCUT2D eigenvalue weighted by atomic mass is 9.89. The van der Waals surface area contributed by atoms with Crippen molar-refractivity contribution < 1.29 is 9.53 Å². The highest BCUT2D eigenvalue weighted by atomic mass is 16.5. The molecule has 0 radical (unpaired) electrons. The zero-order valence-corrected chi connectivity index (χ0v) is 11.6. The van der Waals surface area contributed by atoms with Gasteiger partial charge in [-0.1, -0.05) is 13.8 Å². The molecule has 2 N–H and O–H groups in total. The Morgan fingerprint density at radius 1 is 1.28 bits per heavy atom. The van der Waals surface area contributed by atoms with Gasteiger partial charge in [0.2, 0.25) is 5.91 Å². The highest BCUT2D eigenvalue weighted by molar-refractivity contribution is 5.80. The van der Waals surface area contributed by atoms with E-state index >= 15 is 0 Å². The van der Waals surface area contributed by atoms with Gasteiger partial charge < -0.3 is 15.4 Å². The molecule has 104 valence electrons. The quantitative estimate of drug-likeness (QED) is 0.807. The summed E-state index contributed by atoms with van der Waals surface area (Å²) in [4.78, 5) is 14.4. The fraction of sp³-hybridized carbons (Fsp3) is 0.929. The molecule has 0 aromatic heterocycles. The van der Waals surface area contributed by atoms with Crippen molar-refractivity contribution >= 4 is 5.91 Å². The number of hydrogen-bond donors (Lipinski definition) is 1. The smallest absolute Gasteiger partial charge is 0.229 e. The number of nitrogens with zero attached hydrogens (tertiary/aromatic N) is 1. The van der Waals surface area contributed by atoms with E-state index in [-0.39, 0.29) is 17.9 Å². The summed E-state index contributed by atoms with van der Waals surface area (Å²) in [6, 6.07) is -0.110. The number of nitrogens with two attached hydrogens (primary N) is 1. The van der Waals surface area contributed by atoms with Gasteiger partial charge >= 0.3 is 0 Å². The van der Waals surface area contributed by atoms with Crippen molar-refractivity contribution in [1.29, 1.82) is 0 Å². The number of likely N-dealkylation sites (tertiary alicyclic amines) is 1. The van der Waals surface area contributed by atoms with Crippen molar-refractivity contribution in [3.05, 3.63) is 0 Å². The van der Waals surface area contributed by atoms with Crippen molar-refractivity contribution in [2.24, 2.45) is 23.5 Å². The molecule has 2 saturated heterocycles. The van der Waals surface area contributed by atoms with E-state index in [1.165, 1.54) is 6.42 Å². The Balaban J connectivity index is 1.91. The Hall–Kier alpha value is -0.610. The van der Waals surface area contributed by atoms with Gasteiger partial charge in [0.05, 0.1) is 19.1 Å². The lowest BCUT2D eigenvalue weighted by molar-refractivity contribution is -0.135. The van der Waals surface area contributed by atoms with Crippen molar-refractivity contribution in [3.63, 3.8) is 0 Å². The Kier molecular flexibility index (Phi) is 4.62. The van der Waals surface area contributed by atoms with E-state index in [9.17, 15) is 4.79 Å². The molecule has 2 rings (SSSR count). The highest BCUT2D eigenvalue weighted by Crippen LogP contribution is 2.26. The van der Waals surface area contributed by atoms with E-state index in [4.69, 9.17) is 10.5 Å². The van der Waals surface area contributed by atoms with Gasteiger partial charge in [0.25, 0.3) is 0 Å². The molecule has 0 saturated carbocycles. The van der Waals surface area contributed by atoms with Gasteiger partial charge in [0, 0.05) is 19.1 Å². The second-order valence-corrected chi connectivity index (χ2v) is 6.07. The van der Waals surface area contributed by atoms with Crippen molar-refractivity contribution in [1.82, 2.24) is 4.90 Å². The van der Waals surface area contributed by atoms with Gasteiger partial charge in [0.1, 0.15) is 0 Å². The summed E-state index contributed by atoms with van der Waals surface area (Å²) in [6.07, 6.45) is 3.50. The van der Waals surface area contributed by atoms with Gasteiger partial charge in [-0.25, -0.2) is 0 Å². The molecular weight excluding hydrogens is 228 g/mol. The van der Waals surface area contributed by atoms with Gasteiger partial charge in [0.15, 0.2) is 0 Å². The molecule has 0 aliphatic carbocycles. The molecule has 2 aliphatic heterocycles. The maximum Gasteiger partial charge on any atom is 0.229 e. The van der Waals surface area contributed by atoms with Crippen LogP contribution in [0.2, 0.25) is 0 Å². The van der Waals surface area contributed by atoms with Crippen molar-refractivity contribution in [2.75, 3.05) is 26.3 Å². The first-order valence-corrected chi connectivity index (χ1v) is 7.21. The average Bonchev–Trinajstić information content (AvgIpc) is 2.63. The van der Waals surface area contributed by atoms with E-state index in [0.29, 0.717) is 13.2 Å². The topological polar surface area (TPSA) is 55.6 Å². The maximum absolute atomic E-state index is 12.4. The molecule has 1 amide bonds. The summed E-state index contributed by atoms with van der Waals surface area (Å²) >= 11 is 0. The van der Waals surface area contributed by atoms with Crippen molar-refractivity contribution in [2.45, 2.75) is 39.2 Å². The number of ether oxygens (including phenoxy) is 1. The minimum atomic E-state index is -0.111. The summed E-state index contributed by atoms with van der Waals surface area (Å²) in [5.41, 5.74) is 5.93. The van der Waals surface area contributed by atoms with Crippen LogP contribution in [-0.2, 0) is 9.53 Å². The summed E-state index contributed by atoms with van der Waals surface area (Å²) in [7, 11) is 0.